The highest BCUT2D eigenvalue weighted by Crippen LogP contribution is 2.26. The second-order valence-corrected chi connectivity index (χ2v) is 5.57. The van der Waals surface area contributed by atoms with E-state index < -0.39 is 17.8 Å². The summed E-state index contributed by atoms with van der Waals surface area (Å²) in [6.45, 7) is 1.97. The van der Waals surface area contributed by atoms with E-state index in [4.69, 9.17) is 14.2 Å². The zero-order valence-electron chi connectivity index (χ0n) is 16.2. The number of carbonyl (C=O) groups is 3. The topological polar surface area (TPSA) is 115 Å². The lowest BCUT2D eigenvalue weighted by Gasteiger charge is -2.07. The summed E-state index contributed by atoms with van der Waals surface area (Å²) in [5, 5.41) is 6.16. The molecule has 0 radical (unpaired) electrons. The SMILES string of the molecule is CCOC(=O)c1ccc(NC(=O)C(=O)N/N=C\c2ccc(OC)c(OC)c2)cc1. The van der Waals surface area contributed by atoms with Crippen LogP contribution in [0.5, 0.6) is 11.5 Å². The fourth-order valence-electron chi connectivity index (χ4n) is 2.24. The number of esters is 1. The van der Waals surface area contributed by atoms with Crippen molar-refractivity contribution in [3.05, 3.63) is 53.6 Å². The minimum atomic E-state index is -0.948. The molecule has 2 amide bonds. The van der Waals surface area contributed by atoms with E-state index >= 15 is 0 Å². The summed E-state index contributed by atoms with van der Waals surface area (Å²) < 4.78 is 15.2. The smallest absolute Gasteiger partial charge is 0.338 e. The number of nitrogens with one attached hydrogen (secondary N) is 2. The summed E-state index contributed by atoms with van der Waals surface area (Å²) in [5.74, 6) is -1.25. The zero-order valence-corrected chi connectivity index (χ0v) is 16.2. The van der Waals surface area contributed by atoms with Crippen LogP contribution in [0.1, 0.15) is 22.8 Å². The van der Waals surface area contributed by atoms with E-state index in [2.05, 4.69) is 15.8 Å². The largest absolute Gasteiger partial charge is 0.493 e. The molecule has 0 aliphatic carbocycles. The van der Waals surface area contributed by atoms with Crippen molar-refractivity contribution in [3.8, 4) is 11.5 Å². The molecule has 29 heavy (non-hydrogen) atoms. The molecule has 0 fully saturated rings. The van der Waals surface area contributed by atoms with Gasteiger partial charge in [0.25, 0.3) is 0 Å². The molecule has 0 aromatic heterocycles. The number of hydrogen-bond donors (Lipinski definition) is 2. The summed E-state index contributed by atoms with van der Waals surface area (Å²) >= 11 is 0. The Kier molecular flexibility index (Phi) is 7.72. The van der Waals surface area contributed by atoms with E-state index in [1.807, 2.05) is 0 Å². The fraction of sp³-hybridized carbons (Fsp3) is 0.200. The van der Waals surface area contributed by atoms with E-state index in [0.29, 0.717) is 28.3 Å². The van der Waals surface area contributed by atoms with Gasteiger partial charge >= 0.3 is 17.8 Å². The van der Waals surface area contributed by atoms with Gasteiger partial charge in [-0.3, -0.25) is 9.59 Å². The third-order valence-corrected chi connectivity index (χ3v) is 3.65. The van der Waals surface area contributed by atoms with Gasteiger partial charge in [-0.1, -0.05) is 0 Å². The van der Waals surface area contributed by atoms with Gasteiger partial charge in [0.2, 0.25) is 0 Å². The van der Waals surface area contributed by atoms with Gasteiger partial charge in [-0.25, -0.2) is 10.2 Å². The van der Waals surface area contributed by atoms with Gasteiger partial charge < -0.3 is 19.5 Å². The van der Waals surface area contributed by atoms with Crippen LogP contribution in [0.3, 0.4) is 0 Å². The second kappa shape index (κ2) is 10.5. The highest BCUT2D eigenvalue weighted by Gasteiger charge is 2.13. The quantitative estimate of drug-likeness (QED) is 0.318. The predicted octanol–water partition coefficient (Wildman–Crippen LogP) is 1.97. The normalized spacial score (nSPS) is 10.3. The van der Waals surface area contributed by atoms with Crippen molar-refractivity contribution in [2.45, 2.75) is 6.92 Å². The average molecular weight is 399 g/mol. The Labute approximate surface area is 167 Å². The maximum atomic E-state index is 11.9. The molecule has 2 aromatic rings. The van der Waals surface area contributed by atoms with E-state index in [-0.39, 0.29) is 6.61 Å². The standard InChI is InChI=1S/C20H21N3O6/c1-4-29-20(26)14-6-8-15(9-7-14)22-18(24)19(25)23-21-12-13-5-10-16(27-2)17(11-13)28-3/h5-12H,4H2,1-3H3,(H,22,24)(H,23,25)/b21-12-. The van der Waals surface area contributed by atoms with E-state index in [0.717, 1.165) is 0 Å². The van der Waals surface area contributed by atoms with E-state index in [1.165, 1.54) is 44.7 Å². The number of anilines is 1. The zero-order chi connectivity index (χ0) is 21.2. The third kappa shape index (κ3) is 6.06. The Morgan fingerprint density at radius 2 is 1.66 bits per heavy atom. The van der Waals surface area contributed by atoms with Crippen LogP contribution in [0.4, 0.5) is 5.69 Å². The van der Waals surface area contributed by atoms with E-state index in [1.54, 1.807) is 25.1 Å². The summed E-state index contributed by atoms with van der Waals surface area (Å²) in [6.07, 6.45) is 1.36. The van der Waals surface area contributed by atoms with Gasteiger partial charge in [0.05, 0.1) is 32.6 Å². The molecule has 2 N–H and O–H groups in total. The van der Waals surface area contributed by atoms with Gasteiger partial charge in [0.1, 0.15) is 0 Å². The number of methoxy groups -OCH3 is 2. The molecule has 0 unspecified atom stereocenters. The van der Waals surface area contributed by atoms with Crippen LogP contribution in [0.15, 0.2) is 47.6 Å². The summed E-state index contributed by atoms with van der Waals surface area (Å²) in [4.78, 5) is 35.4. The van der Waals surface area contributed by atoms with Crippen molar-refractivity contribution in [1.29, 1.82) is 0 Å². The maximum Gasteiger partial charge on any atom is 0.338 e. The first kappa shape index (κ1) is 21.4. The Hall–Kier alpha value is -3.88. The van der Waals surface area contributed by atoms with Crippen LogP contribution in [-0.2, 0) is 14.3 Å². The van der Waals surface area contributed by atoms with Crippen LogP contribution >= 0.6 is 0 Å². The van der Waals surface area contributed by atoms with Crippen LogP contribution in [0.25, 0.3) is 0 Å². The molecule has 0 atom stereocenters. The average Bonchev–Trinajstić information content (AvgIpc) is 2.74. The molecular formula is C20H21N3O6. The Bertz CT molecular complexity index is 909. The Morgan fingerprint density at radius 1 is 0.966 bits per heavy atom. The van der Waals surface area contributed by atoms with E-state index in [9.17, 15) is 14.4 Å². The van der Waals surface area contributed by atoms with Gasteiger partial charge in [-0.15, -0.1) is 0 Å². The highest BCUT2D eigenvalue weighted by molar-refractivity contribution is 6.39. The first-order chi connectivity index (χ1) is 14.0. The fourth-order valence-corrected chi connectivity index (χ4v) is 2.24. The number of hydrogen-bond acceptors (Lipinski definition) is 7. The van der Waals surface area contributed by atoms with Crippen molar-refractivity contribution in [1.82, 2.24) is 5.43 Å². The molecule has 0 bridgehead atoms. The number of benzene rings is 2. The van der Waals surface area contributed by atoms with Gasteiger partial charge in [0, 0.05) is 5.69 Å². The van der Waals surface area contributed by atoms with Crippen molar-refractivity contribution in [2.24, 2.45) is 5.10 Å². The summed E-state index contributed by atoms with van der Waals surface area (Å²) in [7, 11) is 3.03. The molecule has 0 spiro atoms. The molecule has 0 saturated heterocycles. The van der Waals surface area contributed by atoms with Crippen molar-refractivity contribution in [2.75, 3.05) is 26.1 Å². The molecule has 2 aromatic carbocycles. The van der Waals surface area contributed by atoms with Crippen LogP contribution in [0, 0.1) is 0 Å². The molecular weight excluding hydrogens is 378 g/mol. The first-order valence-electron chi connectivity index (χ1n) is 8.62. The predicted molar refractivity (Wildman–Crippen MR) is 106 cm³/mol. The molecule has 152 valence electrons. The molecule has 0 aliphatic heterocycles. The molecule has 2 rings (SSSR count). The number of ether oxygens (including phenoxy) is 3. The lowest BCUT2D eigenvalue weighted by molar-refractivity contribution is -0.136. The number of carbonyl (C=O) groups excluding carboxylic acids is 3. The highest BCUT2D eigenvalue weighted by atomic mass is 16.5. The maximum absolute atomic E-state index is 11.9. The number of rotatable bonds is 7. The van der Waals surface area contributed by atoms with Crippen molar-refractivity contribution < 1.29 is 28.6 Å². The monoisotopic (exact) mass is 399 g/mol. The van der Waals surface area contributed by atoms with Gasteiger partial charge in [0.15, 0.2) is 11.5 Å². The van der Waals surface area contributed by atoms with Crippen LogP contribution in [0.2, 0.25) is 0 Å². The van der Waals surface area contributed by atoms with Gasteiger partial charge in [-0.2, -0.15) is 5.10 Å². The summed E-state index contributed by atoms with van der Waals surface area (Å²) in [6, 6.07) is 11.0. The molecule has 0 aliphatic rings. The van der Waals surface area contributed by atoms with Gasteiger partial charge in [-0.05, 0) is 55.0 Å². The first-order valence-corrected chi connectivity index (χ1v) is 8.62. The lowest BCUT2D eigenvalue weighted by atomic mass is 10.2. The minimum Gasteiger partial charge on any atom is -0.493 e. The Morgan fingerprint density at radius 3 is 2.28 bits per heavy atom. The number of amides is 2. The van der Waals surface area contributed by atoms with Crippen LogP contribution in [-0.4, -0.2) is 44.8 Å². The number of hydrazone groups is 1. The van der Waals surface area contributed by atoms with Crippen LogP contribution < -0.4 is 20.2 Å². The minimum absolute atomic E-state index is 0.265. The molecule has 9 nitrogen and oxygen atoms in total. The van der Waals surface area contributed by atoms with Crippen molar-refractivity contribution >= 4 is 29.7 Å². The second-order valence-electron chi connectivity index (χ2n) is 5.57. The van der Waals surface area contributed by atoms with Crippen molar-refractivity contribution in [3.63, 3.8) is 0 Å². The Balaban J connectivity index is 1.91. The third-order valence-electron chi connectivity index (χ3n) is 3.65. The molecule has 0 saturated carbocycles. The summed E-state index contributed by atoms with van der Waals surface area (Å²) in [5.41, 5.74) is 3.46. The number of nitrogens with zero attached hydrogens (tertiary/aromatic N) is 1. The molecule has 9 heteroatoms. The molecule has 0 heterocycles. The lowest BCUT2D eigenvalue weighted by Crippen LogP contribution is -2.32.